The summed E-state index contributed by atoms with van der Waals surface area (Å²) in [5, 5.41) is 0. The third-order valence-corrected chi connectivity index (χ3v) is 4.71. The molecule has 0 heterocycles. The lowest BCUT2D eigenvalue weighted by molar-refractivity contribution is 0.443. The van der Waals surface area contributed by atoms with Gasteiger partial charge in [0, 0.05) is 6.54 Å². The van der Waals surface area contributed by atoms with E-state index >= 15 is 0 Å². The molecule has 1 aromatic rings. The fourth-order valence-corrected chi connectivity index (χ4v) is 3.34. The molecule has 0 amide bonds. The zero-order valence-electron chi connectivity index (χ0n) is 12.2. The van der Waals surface area contributed by atoms with Crippen molar-refractivity contribution in [3.63, 3.8) is 0 Å². The lowest BCUT2D eigenvalue weighted by Crippen LogP contribution is -2.32. The topological polar surface area (TPSA) is 72.2 Å². The molecule has 1 rings (SSSR count). The summed E-state index contributed by atoms with van der Waals surface area (Å²) in [5.41, 5.74) is 6.60. The summed E-state index contributed by atoms with van der Waals surface area (Å²) < 4.78 is 26.7. The molecule has 0 saturated heterocycles. The smallest absolute Gasteiger partial charge is 0.211 e. The molecule has 20 heavy (non-hydrogen) atoms. The van der Waals surface area contributed by atoms with Crippen LogP contribution in [0, 0.1) is 5.92 Å². The van der Waals surface area contributed by atoms with Crippen LogP contribution in [-0.4, -0.2) is 27.3 Å². The molecule has 3 N–H and O–H groups in total. The predicted molar refractivity (Wildman–Crippen MR) is 84.0 cm³/mol. The molecule has 0 saturated carbocycles. The van der Waals surface area contributed by atoms with Gasteiger partial charge in [0.25, 0.3) is 0 Å². The van der Waals surface area contributed by atoms with Crippen LogP contribution >= 0.6 is 0 Å². The van der Waals surface area contributed by atoms with Crippen LogP contribution in [0.25, 0.3) is 0 Å². The van der Waals surface area contributed by atoms with Crippen LogP contribution in [0.15, 0.2) is 30.3 Å². The monoisotopic (exact) mass is 298 g/mol. The molecule has 0 fully saturated rings. The van der Waals surface area contributed by atoms with Crippen LogP contribution in [0.4, 0.5) is 0 Å². The molecule has 0 spiro atoms. The van der Waals surface area contributed by atoms with E-state index in [4.69, 9.17) is 5.73 Å². The molecule has 0 aliphatic carbocycles. The van der Waals surface area contributed by atoms with E-state index in [0.717, 1.165) is 24.8 Å². The zero-order valence-corrected chi connectivity index (χ0v) is 13.0. The Kier molecular flexibility index (Phi) is 7.80. The fraction of sp³-hybridized carbons (Fsp3) is 0.600. The summed E-state index contributed by atoms with van der Waals surface area (Å²) in [6, 6.07) is 9.67. The van der Waals surface area contributed by atoms with E-state index in [2.05, 4.69) is 11.6 Å². The van der Waals surface area contributed by atoms with Crippen molar-refractivity contribution in [2.45, 2.75) is 32.6 Å². The highest BCUT2D eigenvalue weighted by Gasteiger charge is 2.14. The molecule has 0 aromatic heterocycles. The van der Waals surface area contributed by atoms with Crippen LogP contribution in [0.2, 0.25) is 0 Å². The van der Waals surface area contributed by atoms with E-state index in [1.165, 1.54) is 0 Å². The van der Waals surface area contributed by atoms with Crippen LogP contribution in [0.3, 0.4) is 0 Å². The molecule has 0 radical (unpaired) electrons. The number of hydrogen-bond acceptors (Lipinski definition) is 3. The minimum atomic E-state index is -3.20. The van der Waals surface area contributed by atoms with Crippen LogP contribution in [-0.2, 0) is 16.4 Å². The number of benzene rings is 1. The zero-order chi connectivity index (χ0) is 14.8. The largest absolute Gasteiger partial charge is 0.330 e. The highest BCUT2D eigenvalue weighted by molar-refractivity contribution is 7.89. The summed E-state index contributed by atoms with van der Waals surface area (Å²) in [5.74, 6) is 0.481. The van der Waals surface area contributed by atoms with Crippen LogP contribution in [0.5, 0.6) is 0 Å². The second kappa shape index (κ2) is 9.10. The average Bonchev–Trinajstić information content (AvgIpc) is 2.45. The van der Waals surface area contributed by atoms with Crippen molar-refractivity contribution in [2.75, 3.05) is 18.8 Å². The van der Waals surface area contributed by atoms with Gasteiger partial charge in [-0.05, 0) is 37.3 Å². The van der Waals surface area contributed by atoms with Gasteiger partial charge in [-0.1, -0.05) is 43.7 Å². The summed E-state index contributed by atoms with van der Waals surface area (Å²) in [4.78, 5) is 0. The number of hydrogen-bond donors (Lipinski definition) is 2. The van der Waals surface area contributed by atoms with E-state index < -0.39 is 10.0 Å². The SMILES string of the molecule is CCCC(CCN)CNS(=O)(=O)CCc1ccccc1. The second-order valence-corrected chi connectivity index (χ2v) is 7.06. The number of sulfonamides is 1. The van der Waals surface area contributed by atoms with E-state index in [1.54, 1.807) is 0 Å². The van der Waals surface area contributed by atoms with Gasteiger partial charge < -0.3 is 5.73 Å². The lowest BCUT2D eigenvalue weighted by Gasteiger charge is -2.16. The lowest BCUT2D eigenvalue weighted by atomic mass is 10.0. The minimum Gasteiger partial charge on any atom is -0.330 e. The van der Waals surface area contributed by atoms with Gasteiger partial charge in [-0.2, -0.15) is 0 Å². The van der Waals surface area contributed by atoms with Crippen LogP contribution < -0.4 is 10.5 Å². The first-order chi connectivity index (χ1) is 9.57. The maximum atomic E-state index is 12.0. The van der Waals surface area contributed by atoms with Gasteiger partial charge in [0.15, 0.2) is 0 Å². The van der Waals surface area contributed by atoms with Gasteiger partial charge in [0.05, 0.1) is 5.75 Å². The van der Waals surface area contributed by atoms with Gasteiger partial charge in [0.1, 0.15) is 0 Å². The molecular formula is C15H26N2O2S. The maximum absolute atomic E-state index is 12.0. The van der Waals surface area contributed by atoms with Crippen molar-refractivity contribution in [2.24, 2.45) is 11.7 Å². The standard InChI is InChI=1S/C15H26N2O2S/c1-2-6-15(9-11-16)13-17-20(18,19)12-10-14-7-4-3-5-8-14/h3-5,7-8,15,17H,2,6,9-13,16H2,1H3. The molecule has 4 nitrogen and oxygen atoms in total. The van der Waals surface area contributed by atoms with E-state index in [1.807, 2.05) is 30.3 Å². The summed E-state index contributed by atoms with van der Waals surface area (Å²) in [6.45, 7) is 3.21. The number of nitrogens with two attached hydrogens (primary N) is 1. The maximum Gasteiger partial charge on any atom is 0.211 e. The van der Waals surface area contributed by atoms with Crippen molar-refractivity contribution in [3.05, 3.63) is 35.9 Å². The molecular weight excluding hydrogens is 272 g/mol. The van der Waals surface area contributed by atoms with E-state index in [9.17, 15) is 8.42 Å². The Bertz CT molecular complexity index is 454. The van der Waals surface area contributed by atoms with Crippen molar-refractivity contribution in [1.82, 2.24) is 4.72 Å². The van der Waals surface area contributed by atoms with Crippen molar-refractivity contribution < 1.29 is 8.42 Å². The average molecular weight is 298 g/mol. The molecule has 0 aliphatic rings. The molecule has 5 heteroatoms. The summed E-state index contributed by atoms with van der Waals surface area (Å²) in [6.07, 6.45) is 3.48. The normalized spacial score (nSPS) is 13.3. The third kappa shape index (κ3) is 7.03. The molecule has 1 unspecified atom stereocenters. The Morgan fingerprint density at radius 1 is 1.20 bits per heavy atom. The first kappa shape index (κ1) is 17.1. The van der Waals surface area contributed by atoms with Gasteiger partial charge in [-0.15, -0.1) is 0 Å². The summed E-state index contributed by atoms with van der Waals surface area (Å²) in [7, 11) is -3.20. The fourth-order valence-electron chi connectivity index (χ4n) is 2.21. The Morgan fingerprint density at radius 3 is 2.50 bits per heavy atom. The third-order valence-electron chi connectivity index (χ3n) is 3.37. The van der Waals surface area contributed by atoms with Crippen molar-refractivity contribution in [3.8, 4) is 0 Å². The Labute approximate surface area is 122 Å². The molecule has 0 bridgehead atoms. The van der Waals surface area contributed by atoms with Crippen molar-refractivity contribution in [1.29, 1.82) is 0 Å². The molecule has 114 valence electrons. The predicted octanol–water partition coefficient (Wildman–Crippen LogP) is 1.91. The second-order valence-electron chi connectivity index (χ2n) is 5.13. The first-order valence-corrected chi connectivity index (χ1v) is 8.94. The van der Waals surface area contributed by atoms with Gasteiger partial charge in [-0.25, -0.2) is 13.1 Å². The molecule has 0 aliphatic heterocycles. The van der Waals surface area contributed by atoms with E-state index in [-0.39, 0.29) is 5.75 Å². The first-order valence-electron chi connectivity index (χ1n) is 7.28. The highest BCUT2D eigenvalue weighted by Crippen LogP contribution is 2.10. The van der Waals surface area contributed by atoms with E-state index in [0.29, 0.717) is 25.4 Å². The van der Waals surface area contributed by atoms with Crippen LogP contribution in [0.1, 0.15) is 31.7 Å². The Morgan fingerprint density at radius 2 is 1.90 bits per heavy atom. The molecule has 1 atom stereocenters. The van der Waals surface area contributed by atoms with Gasteiger partial charge in [0.2, 0.25) is 10.0 Å². The molecule has 1 aromatic carbocycles. The van der Waals surface area contributed by atoms with Gasteiger partial charge >= 0.3 is 0 Å². The Hall–Kier alpha value is -0.910. The quantitative estimate of drug-likeness (QED) is 0.693. The number of nitrogens with one attached hydrogen (secondary N) is 1. The van der Waals surface area contributed by atoms with Gasteiger partial charge in [-0.3, -0.25) is 0 Å². The number of rotatable bonds is 10. The Balaban J connectivity index is 2.40. The number of aryl methyl sites for hydroxylation is 1. The van der Waals surface area contributed by atoms with Crippen molar-refractivity contribution >= 4 is 10.0 Å². The highest BCUT2D eigenvalue weighted by atomic mass is 32.2. The minimum absolute atomic E-state index is 0.137. The summed E-state index contributed by atoms with van der Waals surface area (Å²) >= 11 is 0.